The van der Waals surface area contributed by atoms with E-state index in [0.717, 1.165) is 10.8 Å². The van der Waals surface area contributed by atoms with Crippen LogP contribution in [0.4, 0.5) is 5.95 Å². The Labute approximate surface area is 202 Å². The largest absolute Gasteiger partial charge is 0.497 e. The highest BCUT2D eigenvalue weighted by molar-refractivity contribution is 7.90. The number of anilines is 1. The Morgan fingerprint density at radius 3 is 2.60 bits per heavy atom. The number of methoxy groups -OCH3 is 1. The molecule has 8 nitrogen and oxygen atoms in total. The third-order valence-electron chi connectivity index (χ3n) is 5.97. The quantitative estimate of drug-likeness (QED) is 0.346. The van der Waals surface area contributed by atoms with E-state index in [2.05, 4.69) is 15.3 Å². The number of nitrogens with one attached hydrogen (secondary N) is 2. The fourth-order valence-electron chi connectivity index (χ4n) is 4.14. The van der Waals surface area contributed by atoms with Crippen molar-refractivity contribution in [3.8, 4) is 17.0 Å². The van der Waals surface area contributed by atoms with E-state index in [1.165, 1.54) is 3.97 Å². The summed E-state index contributed by atoms with van der Waals surface area (Å²) in [6, 6.07) is 18.0. The molecule has 2 N–H and O–H groups in total. The number of fused-ring (bicyclic) bond motifs is 2. The third kappa shape index (κ3) is 3.93. The molecule has 0 fully saturated rings. The minimum Gasteiger partial charge on any atom is -0.497 e. The number of hydrogen-bond acceptors (Lipinski definition) is 5. The summed E-state index contributed by atoms with van der Waals surface area (Å²) in [6.45, 7) is 3.58. The van der Waals surface area contributed by atoms with Crippen LogP contribution in [0.15, 0.2) is 71.8 Å². The van der Waals surface area contributed by atoms with Crippen LogP contribution in [0, 0.1) is 6.92 Å². The normalized spacial score (nSPS) is 11.7. The highest BCUT2D eigenvalue weighted by atomic mass is 32.2. The number of benzene rings is 3. The molecule has 0 atom stereocenters. The van der Waals surface area contributed by atoms with Crippen molar-refractivity contribution in [1.82, 2.24) is 13.9 Å². The lowest BCUT2D eigenvalue weighted by Crippen LogP contribution is -2.11. The zero-order chi connectivity index (χ0) is 24.7. The average Bonchev–Trinajstić information content (AvgIpc) is 3.43. The van der Waals surface area contributed by atoms with Crippen LogP contribution in [0.5, 0.6) is 5.75 Å². The van der Waals surface area contributed by atoms with Gasteiger partial charge in [-0.15, -0.1) is 0 Å². The molecule has 3 aromatic carbocycles. The maximum absolute atomic E-state index is 13.8. The molecular weight excluding hydrogens is 464 g/mol. The number of hydrogen-bond donors (Lipinski definition) is 2. The number of aromatic nitrogens is 3. The van der Waals surface area contributed by atoms with Gasteiger partial charge in [0.1, 0.15) is 5.75 Å². The first kappa shape index (κ1) is 22.7. The number of nitrogens with zero attached hydrogens (tertiary/aromatic N) is 2. The number of aromatic amines is 1. The molecule has 2 aromatic heterocycles. The monoisotopic (exact) mass is 488 g/mol. The van der Waals surface area contributed by atoms with E-state index in [1.807, 2.05) is 31.2 Å². The molecule has 35 heavy (non-hydrogen) atoms. The summed E-state index contributed by atoms with van der Waals surface area (Å²) in [6.07, 6.45) is 1.89. The lowest BCUT2D eigenvalue weighted by atomic mass is 10.1. The van der Waals surface area contributed by atoms with Crippen LogP contribution in [-0.4, -0.2) is 35.4 Å². The van der Waals surface area contributed by atoms with Gasteiger partial charge in [-0.25, -0.2) is 17.4 Å². The summed E-state index contributed by atoms with van der Waals surface area (Å²) in [5.74, 6) is 0.728. The second-order valence-electron chi connectivity index (χ2n) is 8.20. The first-order valence-electron chi connectivity index (χ1n) is 11.1. The second kappa shape index (κ2) is 8.59. The highest BCUT2D eigenvalue weighted by Crippen LogP contribution is 2.36. The molecule has 1 amide bonds. The Morgan fingerprint density at radius 1 is 1.09 bits per heavy atom. The van der Waals surface area contributed by atoms with Crippen molar-refractivity contribution in [2.75, 3.05) is 12.4 Å². The summed E-state index contributed by atoms with van der Waals surface area (Å²) in [4.78, 5) is 19.6. The van der Waals surface area contributed by atoms with E-state index in [9.17, 15) is 13.2 Å². The zero-order valence-electron chi connectivity index (χ0n) is 19.5. The molecule has 2 heterocycles. The van der Waals surface area contributed by atoms with E-state index in [1.54, 1.807) is 56.6 Å². The SMILES string of the molecule is CCC(=O)Nc1nc(-c2cn(S(=O)(=O)c3ccc4ccccc4c3)c3ccc(OC)cc23)c(C)[nH]1. The summed E-state index contributed by atoms with van der Waals surface area (Å²) in [5.41, 5.74) is 2.34. The second-order valence-corrected chi connectivity index (χ2v) is 10.0. The number of ether oxygens (including phenoxy) is 1. The number of imidazole rings is 1. The van der Waals surface area contributed by atoms with Crippen molar-refractivity contribution in [1.29, 1.82) is 0 Å². The Bertz CT molecular complexity index is 1700. The molecule has 0 saturated heterocycles. The molecule has 0 saturated carbocycles. The maximum atomic E-state index is 13.8. The van der Waals surface area contributed by atoms with Gasteiger partial charge in [-0.2, -0.15) is 0 Å². The molecule has 0 bridgehead atoms. The van der Waals surface area contributed by atoms with Crippen molar-refractivity contribution in [2.24, 2.45) is 0 Å². The molecule has 178 valence electrons. The number of rotatable bonds is 6. The standard InChI is InChI=1S/C26H24N4O4S/c1-4-24(31)28-26-27-16(2)25(29-26)22-15-30(23-12-10-19(34-3)14-21(22)23)35(32,33)20-11-9-17-7-5-6-8-18(17)13-20/h5-15H,4H2,1-3H3,(H2,27,28,29,31). The van der Waals surface area contributed by atoms with E-state index in [0.29, 0.717) is 46.0 Å². The Balaban J connectivity index is 1.71. The van der Waals surface area contributed by atoms with Crippen molar-refractivity contribution in [3.05, 3.63) is 72.6 Å². The van der Waals surface area contributed by atoms with E-state index in [-0.39, 0.29) is 10.8 Å². The number of carbonyl (C=O) groups excluding carboxylic acids is 1. The van der Waals surface area contributed by atoms with Crippen LogP contribution in [0.1, 0.15) is 19.0 Å². The number of aryl methyl sites for hydroxylation is 1. The molecule has 0 spiro atoms. The van der Waals surface area contributed by atoms with Crippen LogP contribution in [0.3, 0.4) is 0 Å². The molecule has 9 heteroatoms. The van der Waals surface area contributed by atoms with Crippen LogP contribution in [-0.2, 0) is 14.8 Å². The summed E-state index contributed by atoms with van der Waals surface area (Å²) in [5, 5.41) is 5.18. The fourth-order valence-corrected chi connectivity index (χ4v) is 5.54. The van der Waals surface area contributed by atoms with Gasteiger partial charge in [-0.1, -0.05) is 37.3 Å². The molecule has 0 aliphatic rings. The lowest BCUT2D eigenvalue weighted by Gasteiger charge is -2.09. The van der Waals surface area contributed by atoms with Crippen LogP contribution in [0.2, 0.25) is 0 Å². The van der Waals surface area contributed by atoms with Crippen LogP contribution >= 0.6 is 0 Å². The molecule has 0 radical (unpaired) electrons. The average molecular weight is 489 g/mol. The van der Waals surface area contributed by atoms with Crippen molar-refractivity contribution < 1.29 is 17.9 Å². The Kier molecular flexibility index (Phi) is 5.56. The summed E-state index contributed by atoms with van der Waals surface area (Å²) < 4.78 is 34.3. The first-order valence-corrected chi connectivity index (χ1v) is 12.6. The van der Waals surface area contributed by atoms with Crippen molar-refractivity contribution in [2.45, 2.75) is 25.2 Å². The predicted octanol–water partition coefficient (Wildman–Crippen LogP) is 5.09. The molecular formula is C26H24N4O4S. The lowest BCUT2D eigenvalue weighted by molar-refractivity contribution is -0.115. The van der Waals surface area contributed by atoms with Gasteiger partial charge in [-0.05, 0) is 48.0 Å². The first-order chi connectivity index (χ1) is 16.8. The minimum absolute atomic E-state index is 0.173. The zero-order valence-corrected chi connectivity index (χ0v) is 20.3. The van der Waals surface area contributed by atoms with Gasteiger partial charge >= 0.3 is 0 Å². The molecule has 5 rings (SSSR count). The van der Waals surface area contributed by atoms with E-state index < -0.39 is 10.0 Å². The number of carbonyl (C=O) groups is 1. The molecule has 5 aromatic rings. The van der Waals surface area contributed by atoms with Gasteiger partial charge in [0.15, 0.2) is 0 Å². The minimum atomic E-state index is -3.92. The van der Waals surface area contributed by atoms with E-state index >= 15 is 0 Å². The van der Waals surface area contributed by atoms with Gasteiger partial charge in [0.25, 0.3) is 10.0 Å². The summed E-state index contributed by atoms with van der Waals surface area (Å²) >= 11 is 0. The number of H-pyrrole nitrogens is 1. The maximum Gasteiger partial charge on any atom is 0.268 e. The Morgan fingerprint density at radius 2 is 1.86 bits per heavy atom. The highest BCUT2D eigenvalue weighted by Gasteiger charge is 2.24. The van der Waals surface area contributed by atoms with Gasteiger partial charge in [0, 0.05) is 29.3 Å². The molecule has 0 aliphatic carbocycles. The third-order valence-corrected chi connectivity index (χ3v) is 7.64. The van der Waals surface area contributed by atoms with Gasteiger partial charge in [0.2, 0.25) is 11.9 Å². The topological polar surface area (TPSA) is 106 Å². The van der Waals surface area contributed by atoms with E-state index in [4.69, 9.17) is 4.74 Å². The van der Waals surface area contributed by atoms with Crippen LogP contribution < -0.4 is 10.1 Å². The smallest absolute Gasteiger partial charge is 0.268 e. The molecule has 0 unspecified atom stereocenters. The van der Waals surface area contributed by atoms with Gasteiger partial charge in [0.05, 0.1) is 23.2 Å². The summed E-state index contributed by atoms with van der Waals surface area (Å²) in [7, 11) is -2.37. The fraction of sp³-hybridized carbons (Fsp3) is 0.154. The number of amides is 1. The van der Waals surface area contributed by atoms with Gasteiger partial charge < -0.3 is 9.72 Å². The van der Waals surface area contributed by atoms with Gasteiger partial charge in [-0.3, -0.25) is 10.1 Å². The predicted molar refractivity (Wildman–Crippen MR) is 136 cm³/mol. The van der Waals surface area contributed by atoms with Crippen molar-refractivity contribution >= 4 is 43.6 Å². The Hall–Kier alpha value is -4.11. The van der Waals surface area contributed by atoms with Crippen LogP contribution in [0.25, 0.3) is 32.9 Å². The molecule has 0 aliphatic heterocycles. The van der Waals surface area contributed by atoms with Crippen molar-refractivity contribution in [3.63, 3.8) is 0 Å².